The van der Waals surface area contributed by atoms with E-state index in [9.17, 15) is 34.8 Å². The summed E-state index contributed by atoms with van der Waals surface area (Å²) in [6.07, 6.45) is -10.00. The van der Waals surface area contributed by atoms with E-state index in [0.717, 1.165) is 0 Å². The molecule has 0 bridgehead atoms. The third-order valence-corrected chi connectivity index (χ3v) is 5.93. The number of likely N-dealkylation sites (N-methyl/N-ethyl adjacent to an activating group) is 1. The van der Waals surface area contributed by atoms with Gasteiger partial charge in [0, 0.05) is 18.7 Å². The predicted octanol–water partition coefficient (Wildman–Crippen LogP) is 4.11. The van der Waals surface area contributed by atoms with E-state index in [1.54, 1.807) is 19.0 Å². The number of aromatic nitrogens is 2. The van der Waals surface area contributed by atoms with Crippen molar-refractivity contribution in [3.8, 4) is 11.4 Å². The molecular weight excluding hydrogens is 462 g/mol. The van der Waals surface area contributed by atoms with Gasteiger partial charge in [-0.15, -0.1) is 0 Å². The highest BCUT2D eigenvalue weighted by molar-refractivity contribution is 7.89. The van der Waals surface area contributed by atoms with Crippen LogP contribution in [0.5, 0.6) is 0 Å². The average molecular weight is 480 g/mol. The molecule has 174 valence electrons. The molecule has 13 heteroatoms. The summed E-state index contributed by atoms with van der Waals surface area (Å²) < 4.78 is 106. The van der Waals surface area contributed by atoms with Crippen molar-refractivity contribution in [3.05, 3.63) is 47.5 Å². The lowest BCUT2D eigenvalue weighted by Crippen LogP contribution is -2.31. The van der Waals surface area contributed by atoms with E-state index < -0.39 is 39.1 Å². The molecule has 0 aliphatic carbocycles. The summed E-state index contributed by atoms with van der Waals surface area (Å²) in [5, 5.41) is 0. The number of rotatable bonds is 6. The van der Waals surface area contributed by atoms with Gasteiger partial charge in [-0.25, -0.2) is 18.1 Å². The number of halogens is 6. The van der Waals surface area contributed by atoms with Gasteiger partial charge in [0.05, 0.1) is 27.1 Å². The number of hydrogen-bond donors (Lipinski definition) is 2. The van der Waals surface area contributed by atoms with E-state index >= 15 is 0 Å². The maximum atomic E-state index is 13.1. The molecule has 2 N–H and O–H groups in total. The Morgan fingerprint density at radius 3 is 2.09 bits per heavy atom. The summed E-state index contributed by atoms with van der Waals surface area (Å²) in [4.78, 5) is 8.28. The first kappa shape index (κ1) is 24.0. The van der Waals surface area contributed by atoms with Gasteiger partial charge in [-0.05, 0) is 50.5 Å². The number of nitrogens with one attached hydrogen (secondary N) is 2. The molecule has 0 aliphatic heterocycles. The van der Waals surface area contributed by atoms with Crippen molar-refractivity contribution in [1.29, 1.82) is 0 Å². The fourth-order valence-electron chi connectivity index (χ4n) is 2.87. The lowest BCUT2D eigenvalue weighted by molar-refractivity contribution is -0.143. The first-order chi connectivity index (χ1) is 14.7. The minimum absolute atomic E-state index is 0.0240. The average Bonchev–Trinajstić information content (AvgIpc) is 3.09. The smallest absolute Gasteiger partial charge is 0.338 e. The summed E-state index contributed by atoms with van der Waals surface area (Å²) in [5.74, 6) is -0.258. The van der Waals surface area contributed by atoms with Crippen LogP contribution in [0.3, 0.4) is 0 Å². The van der Waals surface area contributed by atoms with Gasteiger partial charge < -0.3 is 9.88 Å². The zero-order valence-electron chi connectivity index (χ0n) is 16.8. The Balaban J connectivity index is 2.02. The summed E-state index contributed by atoms with van der Waals surface area (Å²) in [6.45, 7) is 0.596. The fraction of sp³-hybridized carbons (Fsp3) is 0.316. The molecule has 3 aromatic rings. The van der Waals surface area contributed by atoms with Crippen molar-refractivity contribution >= 4 is 21.1 Å². The van der Waals surface area contributed by atoms with E-state index in [4.69, 9.17) is 0 Å². The maximum Gasteiger partial charge on any atom is 0.416 e. The monoisotopic (exact) mass is 480 g/mol. The lowest BCUT2D eigenvalue weighted by Gasteiger charge is -2.13. The van der Waals surface area contributed by atoms with E-state index in [1.807, 2.05) is 0 Å². The number of nitrogens with zero attached hydrogens (tertiary/aromatic N) is 2. The molecule has 0 saturated heterocycles. The second-order valence-corrected chi connectivity index (χ2v) is 9.03. The van der Waals surface area contributed by atoms with E-state index in [-0.39, 0.29) is 34.4 Å². The van der Waals surface area contributed by atoms with Crippen molar-refractivity contribution in [3.63, 3.8) is 0 Å². The zero-order valence-corrected chi connectivity index (χ0v) is 17.6. The number of H-pyrrole nitrogens is 1. The third-order valence-electron chi connectivity index (χ3n) is 4.48. The molecule has 0 atom stereocenters. The Kier molecular flexibility index (Phi) is 6.28. The van der Waals surface area contributed by atoms with Gasteiger partial charge in [-0.2, -0.15) is 26.3 Å². The number of alkyl halides is 6. The van der Waals surface area contributed by atoms with E-state index in [1.165, 1.54) is 18.2 Å². The van der Waals surface area contributed by atoms with E-state index in [0.29, 0.717) is 18.7 Å². The first-order valence-corrected chi connectivity index (χ1v) is 10.6. The molecule has 0 aliphatic rings. The highest BCUT2D eigenvalue weighted by atomic mass is 32.2. The van der Waals surface area contributed by atoms with Gasteiger partial charge in [0.15, 0.2) is 0 Å². The van der Waals surface area contributed by atoms with Gasteiger partial charge in [-0.3, -0.25) is 0 Å². The molecular formula is C19H18F6N4O2S. The second kappa shape index (κ2) is 8.37. The minimum atomic E-state index is -5.00. The fourth-order valence-corrected chi connectivity index (χ4v) is 3.92. The molecule has 0 amide bonds. The van der Waals surface area contributed by atoms with Crippen LogP contribution in [0.4, 0.5) is 26.3 Å². The molecule has 2 aromatic carbocycles. The highest BCUT2D eigenvalue weighted by Gasteiger charge is 2.37. The number of hydrogen-bond acceptors (Lipinski definition) is 4. The van der Waals surface area contributed by atoms with Crippen LogP contribution in [0.2, 0.25) is 0 Å². The Hall–Kier alpha value is -2.64. The van der Waals surface area contributed by atoms with Gasteiger partial charge in [0.1, 0.15) is 5.82 Å². The van der Waals surface area contributed by atoms with E-state index in [2.05, 4.69) is 14.7 Å². The number of fused-ring (bicyclic) bond motifs is 1. The molecule has 3 rings (SSSR count). The number of sulfonamides is 1. The lowest BCUT2D eigenvalue weighted by atomic mass is 10.0. The number of benzene rings is 2. The highest BCUT2D eigenvalue weighted by Crippen LogP contribution is 2.38. The zero-order chi connectivity index (χ0) is 23.9. The van der Waals surface area contributed by atoms with Crippen LogP contribution in [-0.2, 0) is 22.4 Å². The van der Waals surface area contributed by atoms with Crippen molar-refractivity contribution in [1.82, 2.24) is 19.6 Å². The van der Waals surface area contributed by atoms with Crippen LogP contribution >= 0.6 is 0 Å². The van der Waals surface area contributed by atoms with Gasteiger partial charge >= 0.3 is 12.4 Å². The van der Waals surface area contributed by atoms with Crippen LogP contribution < -0.4 is 4.72 Å². The molecule has 0 spiro atoms. The minimum Gasteiger partial charge on any atom is -0.338 e. The molecule has 0 saturated carbocycles. The topological polar surface area (TPSA) is 78.1 Å². The Morgan fingerprint density at radius 1 is 0.969 bits per heavy atom. The van der Waals surface area contributed by atoms with Crippen LogP contribution in [0.1, 0.15) is 11.1 Å². The van der Waals surface area contributed by atoms with Crippen molar-refractivity contribution < 1.29 is 34.8 Å². The number of aromatic amines is 1. The van der Waals surface area contributed by atoms with Crippen LogP contribution in [0, 0.1) is 0 Å². The molecule has 0 fully saturated rings. The summed E-state index contributed by atoms with van der Waals surface area (Å²) in [6, 6.07) is 4.89. The summed E-state index contributed by atoms with van der Waals surface area (Å²) in [5.41, 5.74) is -3.07. The van der Waals surface area contributed by atoms with Gasteiger partial charge in [-0.1, -0.05) is 0 Å². The molecule has 32 heavy (non-hydrogen) atoms. The Bertz CT molecular complexity index is 1200. The number of imidazole rings is 1. The Labute approximate surface area is 179 Å². The SMILES string of the molecule is CN(C)CCNS(=O)(=O)c1ccc2nc(-c3cc(C(F)(F)F)cc(C(F)(F)F)c3)[nH]c2c1. The molecule has 6 nitrogen and oxygen atoms in total. The van der Waals surface area contributed by atoms with Crippen LogP contribution in [-0.4, -0.2) is 50.5 Å². The molecule has 0 unspecified atom stereocenters. The van der Waals surface area contributed by atoms with Crippen molar-refractivity contribution in [2.24, 2.45) is 0 Å². The van der Waals surface area contributed by atoms with Crippen LogP contribution in [0.25, 0.3) is 22.4 Å². The van der Waals surface area contributed by atoms with Crippen molar-refractivity contribution in [2.45, 2.75) is 17.2 Å². The predicted molar refractivity (Wildman–Crippen MR) is 105 cm³/mol. The maximum absolute atomic E-state index is 13.1. The normalized spacial score (nSPS) is 13.3. The second-order valence-electron chi connectivity index (χ2n) is 7.26. The van der Waals surface area contributed by atoms with Crippen LogP contribution in [0.15, 0.2) is 41.3 Å². The quantitative estimate of drug-likeness (QED) is 0.521. The molecule has 0 radical (unpaired) electrons. The standard InChI is InChI=1S/C19H18F6N4O2S/c1-29(2)6-5-26-32(30,31)14-3-4-15-16(10-14)28-17(27-15)11-7-12(18(20,21)22)9-13(8-11)19(23,24)25/h3-4,7-10,26H,5-6H2,1-2H3,(H,27,28). The largest absolute Gasteiger partial charge is 0.416 e. The van der Waals surface area contributed by atoms with Gasteiger partial charge in [0.25, 0.3) is 0 Å². The van der Waals surface area contributed by atoms with Gasteiger partial charge in [0.2, 0.25) is 10.0 Å². The third kappa shape index (κ3) is 5.40. The summed E-state index contributed by atoms with van der Waals surface area (Å²) >= 11 is 0. The Morgan fingerprint density at radius 2 is 1.56 bits per heavy atom. The van der Waals surface area contributed by atoms with Crippen molar-refractivity contribution in [2.75, 3.05) is 27.2 Å². The first-order valence-electron chi connectivity index (χ1n) is 9.11. The molecule has 1 heterocycles. The summed E-state index contributed by atoms with van der Waals surface area (Å²) in [7, 11) is -0.340. The molecule has 1 aromatic heterocycles.